The number of aliphatic imine (C=N–C) groups is 2. The fourth-order valence-corrected chi connectivity index (χ4v) is 1.79. The lowest BCUT2D eigenvalue weighted by atomic mass is 10.1. The smallest absolute Gasteiger partial charge is 0.242 e. The molecule has 0 saturated carbocycles. The highest BCUT2D eigenvalue weighted by Crippen LogP contribution is 2.27. The molecule has 5 nitrogen and oxygen atoms in total. The second kappa shape index (κ2) is 2.54. The molecular weight excluding hydrogens is 271 g/mol. The number of fused-ring (bicyclic) bond motifs is 1. The monoisotopic (exact) mass is 276 g/mol. The van der Waals surface area contributed by atoms with E-state index < -0.39 is 0 Å². The average molecular weight is 276 g/mol. The number of nitrogens with one attached hydrogen (secondary N) is 1. The molecule has 6 heteroatoms. The highest BCUT2D eigenvalue weighted by Gasteiger charge is 2.34. The first-order valence-electron chi connectivity index (χ1n) is 3.27. The number of carbonyl (C=O) groups is 1. The van der Waals surface area contributed by atoms with E-state index in [2.05, 4.69) is 37.9 Å². The Balaban J connectivity index is 2.42. The molecule has 0 spiro atoms. The van der Waals surface area contributed by atoms with Gasteiger partial charge in [0.05, 0.1) is 0 Å². The Kier molecular flexibility index (Phi) is 1.63. The average Bonchev–Trinajstić information content (AvgIpc) is 2.31. The fourth-order valence-electron chi connectivity index (χ4n) is 1.09. The molecule has 0 aromatic heterocycles. The van der Waals surface area contributed by atoms with E-state index in [1.807, 2.05) is 0 Å². The molecule has 2 aliphatic rings. The van der Waals surface area contributed by atoms with Crippen LogP contribution in [0.25, 0.3) is 0 Å². The first-order chi connectivity index (χ1) is 5.68. The Bertz CT molecular complexity index is 343. The molecule has 1 atom stereocenters. The standard InChI is InChI=1S/C6H5IN4O/c7-2-1-9-4-3(2)5(12)11-6(8)10-4/h1,3H,(H3,8,9,10,11,12). The SMILES string of the molecule is NC1=NC2=NC=C(I)C2C(=O)N1. The van der Waals surface area contributed by atoms with Gasteiger partial charge in [0.2, 0.25) is 11.9 Å². The maximum absolute atomic E-state index is 11.3. The third-order valence-corrected chi connectivity index (χ3v) is 2.50. The van der Waals surface area contributed by atoms with Crippen LogP contribution in [0.15, 0.2) is 19.8 Å². The Morgan fingerprint density at radius 3 is 3.17 bits per heavy atom. The number of hydrogen-bond donors (Lipinski definition) is 2. The van der Waals surface area contributed by atoms with Crippen LogP contribution in [0, 0.1) is 5.92 Å². The molecule has 2 heterocycles. The van der Waals surface area contributed by atoms with Crippen LogP contribution in [0.2, 0.25) is 0 Å². The van der Waals surface area contributed by atoms with Gasteiger partial charge >= 0.3 is 0 Å². The van der Waals surface area contributed by atoms with Gasteiger partial charge in [0.25, 0.3) is 0 Å². The van der Waals surface area contributed by atoms with Gasteiger partial charge in [-0.1, -0.05) is 0 Å². The highest BCUT2D eigenvalue weighted by atomic mass is 127. The Morgan fingerprint density at radius 2 is 2.42 bits per heavy atom. The molecule has 0 radical (unpaired) electrons. The van der Waals surface area contributed by atoms with E-state index in [0.717, 1.165) is 3.58 Å². The minimum absolute atomic E-state index is 0.120. The van der Waals surface area contributed by atoms with Crippen LogP contribution in [0.3, 0.4) is 0 Å². The van der Waals surface area contributed by atoms with Crippen LogP contribution in [0.1, 0.15) is 0 Å². The molecule has 0 fully saturated rings. The predicted octanol–water partition coefficient (Wildman–Crippen LogP) is -0.264. The topological polar surface area (TPSA) is 79.8 Å². The largest absolute Gasteiger partial charge is 0.369 e. The number of halogens is 1. The van der Waals surface area contributed by atoms with Gasteiger partial charge in [0.1, 0.15) is 11.8 Å². The summed E-state index contributed by atoms with van der Waals surface area (Å²) in [5.41, 5.74) is 5.34. The van der Waals surface area contributed by atoms with E-state index in [1.54, 1.807) is 6.20 Å². The molecule has 0 saturated heterocycles. The Morgan fingerprint density at radius 1 is 1.67 bits per heavy atom. The molecule has 3 N–H and O–H groups in total. The van der Waals surface area contributed by atoms with Crippen molar-refractivity contribution in [3.63, 3.8) is 0 Å². The zero-order valence-electron chi connectivity index (χ0n) is 5.91. The number of guanidine groups is 1. The lowest BCUT2D eigenvalue weighted by Crippen LogP contribution is -2.46. The number of nitrogens with zero attached hydrogens (tertiary/aromatic N) is 2. The third-order valence-electron chi connectivity index (χ3n) is 1.60. The van der Waals surface area contributed by atoms with E-state index in [9.17, 15) is 4.79 Å². The number of amidine groups is 1. The second-order valence-electron chi connectivity index (χ2n) is 2.42. The van der Waals surface area contributed by atoms with E-state index in [-0.39, 0.29) is 17.8 Å². The molecule has 0 aliphatic carbocycles. The Labute approximate surface area is 82.0 Å². The quantitative estimate of drug-likeness (QED) is 0.597. The molecule has 0 aromatic carbocycles. The van der Waals surface area contributed by atoms with Crippen molar-refractivity contribution in [2.24, 2.45) is 21.6 Å². The summed E-state index contributed by atoms with van der Waals surface area (Å²) in [6.07, 6.45) is 1.63. The van der Waals surface area contributed by atoms with Gasteiger partial charge < -0.3 is 5.73 Å². The van der Waals surface area contributed by atoms with Crippen LogP contribution in [0.5, 0.6) is 0 Å². The van der Waals surface area contributed by atoms with Gasteiger partial charge in [-0.2, -0.15) is 4.99 Å². The normalized spacial score (nSPS) is 26.9. The number of amides is 1. The molecule has 0 aromatic rings. The van der Waals surface area contributed by atoms with E-state index >= 15 is 0 Å². The van der Waals surface area contributed by atoms with Crippen molar-refractivity contribution < 1.29 is 4.79 Å². The minimum Gasteiger partial charge on any atom is -0.369 e. The van der Waals surface area contributed by atoms with Crippen LogP contribution in [-0.4, -0.2) is 17.7 Å². The van der Waals surface area contributed by atoms with Crippen LogP contribution >= 0.6 is 22.6 Å². The van der Waals surface area contributed by atoms with Crippen molar-refractivity contribution in [1.82, 2.24) is 5.32 Å². The van der Waals surface area contributed by atoms with E-state index in [4.69, 9.17) is 5.73 Å². The molecule has 2 aliphatic heterocycles. The molecule has 2 rings (SSSR count). The third kappa shape index (κ3) is 1.02. The van der Waals surface area contributed by atoms with E-state index in [1.165, 1.54) is 0 Å². The van der Waals surface area contributed by atoms with Gasteiger partial charge in [-0.05, 0) is 22.6 Å². The van der Waals surface area contributed by atoms with Crippen molar-refractivity contribution in [3.05, 3.63) is 9.78 Å². The zero-order valence-corrected chi connectivity index (χ0v) is 8.07. The summed E-state index contributed by atoms with van der Waals surface area (Å²) in [4.78, 5) is 19.2. The first-order valence-corrected chi connectivity index (χ1v) is 4.34. The number of rotatable bonds is 0. The lowest BCUT2D eigenvalue weighted by Gasteiger charge is -2.16. The highest BCUT2D eigenvalue weighted by molar-refractivity contribution is 14.1. The minimum atomic E-state index is -0.335. The van der Waals surface area contributed by atoms with E-state index in [0.29, 0.717) is 5.84 Å². The van der Waals surface area contributed by atoms with Crippen molar-refractivity contribution in [1.29, 1.82) is 0 Å². The second-order valence-corrected chi connectivity index (χ2v) is 3.67. The molecular formula is C6H5IN4O. The van der Waals surface area contributed by atoms with Gasteiger partial charge in [0.15, 0.2) is 0 Å². The van der Waals surface area contributed by atoms with Crippen molar-refractivity contribution in [3.8, 4) is 0 Å². The van der Waals surface area contributed by atoms with Crippen molar-refractivity contribution >= 4 is 40.3 Å². The number of nitrogens with two attached hydrogens (primary N) is 1. The fraction of sp³-hybridized carbons (Fsp3) is 0.167. The summed E-state index contributed by atoms with van der Waals surface area (Å²) in [5, 5.41) is 2.44. The van der Waals surface area contributed by atoms with Gasteiger partial charge in [0, 0.05) is 9.78 Å². The van der Waals surface area contributed by atoms with Crippen molar-refractivity contribution in [2.75, 3.05) is 0 Å². The number of carbonyl (C=O) groups excluding carboxylic acids is 1. The summed E-state index contributed by atoms with van der Waals surface area (Å²) in [5.74, 6) is 0.118. The summed E-state index contributed by atoms with van der Waals surface area (Å²) < 4.78 is 0.872. The molecule has 0 bridgehead atoms. The van der Waals surface area contributed by atoms with Crippen LogP contribution in [0.4, 0.5) is 0 Å². The molecule has 1 amide bonds. The lowest BCUT2D eigenvalue weighted by molar-refractivity contribution is -0.120. The van der Waals surface area contributed by atoms with Crippen LogP contribution < -0.4 is 11.1 Å². The predicted molar refractivity (Wildman–Crippen MR) is 52.8 cm³/mol. The zero-order chi connectivity index (χ0) is 8.72. The summed E-state index contributed by atoms with van der Waals surface area (Å²) in [6.45, 7) is 0. The maximum Gasteiger partial charge on any atom is 0.242 e. The maximum atomic E-state index is 11.3. The van der Waals surface area contributed by atoms with Crippen molar-refractivity contribution in [2.45, 2.75) is 0 Å². The summed E-state index contributed by atoms with van der Waals surface area (Å²) in [7, 11) is 0. The Hall–Kier alpha value is -0.920. The van der Waals surface area contributed by atoms with Gasteiger partial charge in [-0.15, -0.1) is 0 Å². The molecule has 62 valence electrons. The summed E-state index contributed by atoms with van der Waals surface area (Å²) >= 11 is 2.06. The number of hydrogen-bond acceptors (Lipinski definition) is 4. The van der Waals surface area contributed by atoms with Gasteiger partial charge in [-0.25, -0.2) is 4.99 Å². The van der Waals surface area contributed by atoms with Gasteiger partial charge in [-0.3, -0.25) is 10.1 Å². The van der Waals surface area contributed by atoms with Crippen LogP contribution in [-0.2, 0) is 4.79 Å². The summed E-state index contributed by atoms with van der Waals surface area (Å²) in [6, 6.07) is 0. The molecule has 12 heavy (non-hydrogen) atoms. The first kappa shape index (κ1) is 7.71. The molecule has 1 unspecified atom stereocenters.